The number of hydrogen-bond acceptors (Lipinski definition) is 3. The van der Waals surface area contributed by atoms with Gasteiger partial charge in [-0.15, -0.1) is 0 Å². The van der Waals surface area contributed by atoms with Crippen LogP contribution < -0.4 is 0 Å². The lowest BCUT2D eigenvalue weighted by molar-refractivity contribution is 0.198. The van der Waals surface area contributed by atoms with E-state index in [0.717, 1.165) is 20.0 Å². The SMILES string of the molecule is C[C@@H](O)c1ccc(Sc2ccc(Br)cc2)nc1. The van der Waals surface area contributed by atoms with Crippen LogP contribution in [0.2, 0.25) is 0 Å². The summed E-state index contributed by atoms with van der Waals surface area (Å²) in [6.07, 6.45) is 1.25. The number of hydrogen-bond donors (Lipinski definition) is 1. The van der Waals surface area contributed by atoms with Crippen LogP contribution in [0.25, 0.3) is 0 Å². The van der Waals surface area contributed by atoms with Crippen molar-refractivity contribution in [3.8, 4) is 0 Å². The molecule has 1 N–H and O–H groups in total. The van der Waals surface area contributed by atoms with Gasteiger partial charge in [0.1, 0.15) is 5.03 Å². The Morgan fingerprint density at radius 1 is 1.18 bits per heavy atom. The normalized spacial score (nSPS) is 12.4. The van der Waals surface area contributed by atoms with Crippen molar-refractivity contribution < 1.29 is 5.11 Å². The highest BCUT2D eigenvalue weighted by Crippen LogP contribution is 2.27. The van der Waals surface area contributed by atoms with Crippen LogP contribution in [0.3, 0.4) is 0 Å². The van der Waals surface area contributed by atoms with E-state index in [4.69, 9.17) is 0 Å². The topological polar surface area (TPSA) is 33.1 Å². The van der Waals surface area contributed by atoms with Crippen LogP contribution in [0.4, 0.5) is 0 Å². The van der Waals surface area contributed by atoms with Gasteiger partial charge in [-0.2, -0.15) is 0 Å². The second-order valence-electron chi connectivity index (χ2n) is 3.66. The van der Waals surface area contributed by atoms with Gasteiger partial charge in [-0.05, 0) is 42.8 Å². The zero-order valence-electron chi connectivity index (χ0n) is 9.30. The summed E-state index contributed by atoms with van der Waals surface area (Å²) in [5, 5.41) is 10.3. The number of benzene rings is 1. The quantitative estimate of drug-likeness (QED) is 0.928. The average molecular weight is 310 g/mol. The Morgan fingerprint density at radius 2 is 1.88 bits per heavy atom. The van der Waals surface area contributed by atoms with Crippen LogP contribution in [-0.2, 0) is 0 Å². The Kier molecular flexibility index (Phi) is 4.20. The fraction of sp³-hybridized carbons (Fsp3) is 0.154. The first-order valence-corrected chi connectivity index (χ1v) is 6.83. The molecular formula is C13H12BrNOS. The summed E-state index contributed by atoms with van der Waals surface area (Å²) in [5.41, 5.74) is 0.838. The number of aromatic nitrogens is 1. The van der Waals surface area contributed by atoms with Crippen LogP contribution in [0, 0.1) is 0 Å². The predicted molar refractivity (Wildman–Crippen MR) is 73.1 cm³/mol. The van der Waals surface area contributed by atoms with Gasteiger partial charge in [-0.25, -0.2) is 4.98 Å². The minimum absolute atomic E-state index is 0.464. The number of aliphatic hydroxyl groups is 1. The van der Waals surface area contributed by atoms with Crippen molar-refractivity contribution in [1.82, 2.24) is 4.98 Å². The van der Waals surface area contributed by atoms with E-state index >= 15 is 0 Å². The van der Waals surface area contributed by atoms with Crippen molar-refractivity contribution in [2.75, 3.05) is 0 Å². The molecule has 2 nitrogen and oxygen atoms in total. The number of aliphatic hydroxyl groups excluding tert-OH is 1. The second kappa shape index (κ2) is 5.67. The van der Waals surface area contributed by atoms with E-state index in [1.54, 1.807) is 24.9 Å². The zero-order chi connectivity index (χ0) is 12.3. The molecule has 2 rings (SSSR count). The molecule has 4 heteroatoms. The van der Waals surface area contributed by atoms with Gasteiger partial charge in [0, 0.05) is 15.6 Å². The largest absolute Gasteiger partial charge is 0.389 e. The van der Waals surface area contributed by atoms with Crippen molar-refractivity contribution in [2.45, 2.75) is 22.9 Å². The Hall–Kier alpha value is -0.840. The fourth-order valence-electron chi connectivity index (χ4n) is 1.32. The minimum atomic E-state index is -0.464. The number of rotatable bonds is 3. The summed E-state index contributed by atoms with van der Waals surface area (Å²) in [6, 6.07) is 11.9. The van der Waals surface area contributed by atoms with Crippen molar-refractivity contribution in [3.05, 3.63) is 52.6 Å². The van der Waals surface area contributed by atoms with Crippen LogP contribution in [-0.4, -0.2) is 10.1 Å². The lowest BCUT2D eigenvalue weighted by Gasteiger charge is -2.05. The molecule has 0 radical (unpaired) electrons. The molecule has 2 aromatic rings. The fourth-order valence-corrected chi connectivity index (χ4v) is 2.34. The predicted octanol–water partition coefficient (Wildman–Crippen LogP) is 4.05. The molecule has 0 amide bonds. The summed E-state index contributed by atoms with van der Waals surface area (Å²) in [6.45, 7) is 1.73. The molecule has 88 valence electrons. The minimum Gasteiger partial charge on any atom is -0.389 e. The molecular weight excluding hydrogens is 298 g/mol. The van der Waals surface area contributed by atoms with Gasteiger partial charge in [-0.3, -0.25) is 0 Å². The second-order valence-corrected chi connectivity index (χ2v) is 5.67. The Morgan fingerprint density at radius 3 is 2.41 bits per heavy atom. The van der Waals surface area contributed by atoms with E-state index in [9.17, 15) is 5.11 Å². The van der Waals surface area contributed by atoms with Crippen LogP contribution in [0.5, 0.6) is 0 Å². The van der Waals surface area contributed by atoms with Crippen molar-refractivity contribution in [3.63, 3.8) is 0 Å². The highest BCUT2D eigenvalue weighted by Gasteiger charge is 2.02. The molecule has 0 fully saturated rings. The van der Waals surface area contributed by atoms with Gasteiger partial charge in [0.2, 0.25) is 0 Å². The molecule has 0 saturated heterocycles. The molecule has 1 aromatic carbocycles. The highest BCUT2D eigenvalue weighted by molar-refractivity contribution is 9.10. The Balaban J connectivity index is 2.11. The first-order valence-electron chi connectivity index (χ1n) is 5.22. The molecule has 1 aromatic heterocycles. The molecule has 0 unspecified atom stereocenters. The third-order valence-electron chi connectivity index (χ3n) is 2.28. The first-order chi connectivity index (χ1) is 8.15. The molecule has 0 saturated carbocycles. The van der Waals surface area contributed by atoms with E-state index in [2.05, 4.69) is 20.9 Å². The molecule has 1 atom stereocenters. The van der Waals surface area contributed by atoms with Gasteiger partial charge in [-0.1, -0.05) is 33.8 Å². The van der Waals surface area contributed by atoms with E-state index in [0.29, 0.717) is 0 Å². The highest BCUT2D eigenvalue weighted by atomic mass is 79.9. The van der Waals surface area contributed by atoms with Crippen molar-refractivity contribution in [2.24, 2.45) is 0 Å². The number of pyridine rings is 1. The Labute approximate surface area is 113 Å². The summed E-state index contributed by atoms with van der Waals surface area (Å²) in [4.78, 5) is 5.45. The molecule has 1 heterocycles. The van der Waals surface area contributed by atoms with E-state index in [1.807, 2.05) is 36.4 Å². The van der Waals surface area contributed by atoms with Gasteiger partial charge in [0.25, 0.3) is 0 Å². The number of nitrogens with zero attached hydrogens (tertiary/aromatic N) is 1. The first kappa shape index (κ1) is 12.6. The van der Waals surface area contributed by atoms with Gasteiger partial charge >= 0.3 is 0 Å². The molecule has 0 bridgehead atoms. The summed E-state index contributed by atoms with van der Waals surface area (Å²) in [7, 11) is 0. The molecule has 0 aliphatic carbocycles. The van der Waals surface area contributed by atoms with Crippen molar-refractivity contribution in [1.29, 1.82) is 0 Å². The molecule has 0 aliphatic heterocycles. The van der Waals surface area contributed by atoms with Gasteiger partial charge in [0.05, 0.1) is 6.10 Å². The lowest BCUT2D eigenvalue weighted by Crippen LogP contribution is -1.91. The maximum Gasteiger partial charge on any atom is 0.101 e. The van der Waals surface area contributed by atoms with E-state index in [-0.39, 0.29) is 0 Å². The molecule has 17 heavy (non-hydrogen) atoms. The van der Waals surface area contributed by atoms with E-state index < -0.39 is 6.10 Å². The third-order valence-corrected chi connectivity index (χ3v) is 3.76. The lowest BCUT2D eigenvalue weighted by atomic mass is 10.2. The number of halogens is 1. The smallest absolute Gasteiger partial charge is 0.101 e. The van der Waals surface area contributed by atoms with Gasteiger partial charge in [0.15, 0.2) is 0 Å². The maximum atomic E-state index is 9.38. The Bertz CT molecular complexity index is 482. The summed E-state index contributed by atoms with van der Waals surface area (Å²) < 4.78 is 1.07. The third kappa shape index (κ3) is 3.56. The zero-order valence-corrected chi connectivity index (χ0v) is 11.7. The standard InChI is InChI=1S/C13H12BrNOS/c1-9(16)10-2-7-13(15-8-10)17-12-5-3-11(14)4-6-12/h2-9,16H,1H3/t9-/m1/s1. The summed E-state index contributed by atoms with van der Waals surface area (Å²) in [5.74, 6) is 0. The molecule has 0 aliphatic rings. The summed E-state index contributed by atoms with van der Waals surface area (Å²) >= 11 is 5.01. The van der Waals surface area contributed by atoms with Crippen LogP contribution >= 0.6 is 27.7 Å². The van der Waals surface area contributed by atoms with Gasteiger partial charge < -0.3 is 5.11 Å². The van der Waals surface area contributed by atoms with Crippen LogP contribution in [0.1, 0.15) is 18.6 Å². The van der Waals surface area contributed by atoms with Crippen LogP contribution in [0.15, 0.2) is 57.0 Å². The average Bonchev–Trinajstić information content (AvgIpc) is 2.33. The molecule has 0 spiro atoms. The van der Waals surface area contributed by atoms with Crippen molar-refractivity contribution >= 4 is 27.7 Å². The maximum absolute atomic E-state index is 9.38. The monoisotopic (exact) mass is 309 g/mol. The van der Waals surface area contributed by atoms with E-state index in [1.165, 1.54) is 0 Å².